The molecule has 8 nitrogen and oxygen atoms in total. The van der Waals surface area contributed by atoms with Gasteiger partial charge in [-0.1, -0.05) is 12.1 Å². The standard InChI is InChI=1S/C21H25N5O3/c1-13-17(14-4-2-5-15-18(14)25-20(28)24-15)23-16(12-27)19(22-13)26-9-7-21(8-10-26)6-3-11-29-21/h2,4-5,27H,3,6-12H2,1H3,(H2,24,25,28). The Hall–Kier alpha value is -2.71. The average molecular weight is 395 g/mol. The van der Waals surface area contributed by atoms with Gasteiger partial charge in [0.2, 0.25) is 0 Å². The number of para-hydroxylation sites is 1. The van der Waals surface area contributed by atoms with Crippen molar-refractivity contribution in [1.82, 2.24) is 19.9 Å². The lowest BCUT2D eigenvalue weighted by Gasteiger charge is -2.39. The van der Waals surface area contributed by atoms with E-state index in [1.165, 1.54) is 0 Å². The highest BCUT2D eigenvalue weighted by atomic mass is 16.5. The SMILES string of the molecule is Cc1nc(N2CCC3(CCCO3)CC2)c(CO)nc1-c1cccc2[nH]c(=O)[nH]c12. The van der Waals surface area contributed by atoms with Gasteiger partial charge < -0.3 is 24.7 Å². The van der Waals surface area contributed by atoms with Crippen LogP contribution in [0.2, 0.25) is 0 Å². The summed E-state index contributed by atoms with van der Waals surface area (Å²) in [6.45, 7) is 4.29. The zero-order valence-electron chi connectivity index (χ0n) is 16.5. The number of aryl methyl sites for hydroxylation is 1. The van der Waals surface area contributed by atoms with Crippen LogP contribution >= 0.6 is 0 Å². The van der Waals surface area contributed by atoms with Crippen molar-refractivity contribution in [1.29, 1.82) is 0 Å². The number of nitrogens with one attached hydrogen (secondary N) is 2. The van der Waals surface area contributed by atoms with Crippen molar-refractivity contribution in [2.75, 3.05) is 24.6 Å². The summed E-state index contributed by atoms with van der Waals surface area (Å²) in [6.07, 6.45) is 4.23. The van der Waals surface area contributed by atoms with Gasteiger partial charge in [-0.25, -0.2) is 14.8 Å². The van der Waals surface area contributed by atoms with Gasteiger partial charge in [0.15, 0.2) is 5.82 Å². The summed E-state index contributed by atoms with van der Waals surface area (Å²) in [5.74, 6) is 0.747. The van der Waals surface area contributed by atoms with Crippen LogP contribution in [-0.4, -0.2) is 50.3 Å². The molecule has 0 aliphatic carbocycles. The number of nitrogens with zero attached hydrogens (tertiary/aromatic N) is 3. The van der Waals surface area contributed by atoms with Crippen molar-refractivity contribution in [3.05, 3.63) is 40.1 Å². The topological polar surface area (TPSA) is 107 Å². The molecule has 2 aliphatic heterocycles. The predicted molar refractivity (Wildman–Crippen MR) is 110 cm³/mol. The zero-order chi connectivity index (χ0) is 20.0. The zero-order valence-corrected chi connectivity index (χ0v) is 16.5. The molecule has 0 atom stereocenters. The number of hydrogen-bond acceptors (Lipinski definition) is 6. The van der Waals surface area contributed by atoms with Crippen molar-refractivity contribution in [3.63, 3.8) is 0 Å². The van der Waals surface area contributed by atoms with Gasteiger partial charge in [-0.05, 0) is 38.7 Å². The van der Waals surface area contributed by atoms with Gasteiger partial charge in [-0.2, -0.15) is 0 Å². The maximum atomic E-state index is 11.7. The number of aliphatic hydroxyl groups is 1. The average Bonchev–Trinajstić information content (AvgIpc) is 3.34. The number of ether oxygens (including phenoxy) is 1. The molecule has 8 heteroatoms. The molecule has 3 aromatic rings. The molecule has 2 aliphatic rings. The minimum atomic E-state index is -0.256. The van der Waals surface area contributed by atoms with Crippen molar-refractivity contribution < 1.29 is 9.84 Å². The first-order chi connectivity index (χ1) is 14.1. The van der Waals surface area contributed by atoms with Gasteiger partial charge in [0.05, 0.1) is 34.6 Å². The molecule has 0 saturated carbocycles. The van der Waals surface area contributed by atoms with Gasteiger partial charge in [-0.3, -0.25) is 0 Å². The number of aromatic nitrogens is 4. The molecule has 152 valence electrons. The Morgan fingerprint density at radius 3 is 2.76 bits per heavy atom. The molecule has 3 N–H and O–H groups in total. The van der Waals surface area contributed by atoms with E-state index < -0.39 is 0 Å². The maximum Gasteiger partial charge on any atom is 0.323 e. The number of H-pyrrole nitrogens is 2. The summed E-state index contributed by atoms with van der Waals surface area (Å²) in [5.41, 5.74) is 4.00. The fourth-order valence-electron chi connectivity index (χ4n) is 4.69. The Morgan fingerprint density at radius 1 is 1.21 bits per heavy atom. The van der Waals surface area contributed by atoms with Crippen LogP contribution in [0.3, 0.4) is 0 Å². The van der Waals surface area contributed by atoms with E-state index in [4.69, 9.17) is 14.7 Å². The van der Waals surface area contributed by atoms with E-state index in [2.05, 4.69) is 14.9 Å². The highest BCUT2D eigenvalue weighted by molar-refractivity contribution is 5.91. The molecule has 0 unspecified atom stereocenters. The summed E-state index contributed by atoms with van der Waals surface area (Å²) < 4.78 is 6.02. The Labute approximate surface area is 168 Å². The van der Waals surface area contributed by atoms with E-state index in [-0.39, 0.29) is 17.9 Å². The molecule has 2 saturated heterocycles. The molecule has 1 spiro atoms. The Bertz CT molecular complexity index is 1100. The second kappa shape index (κ2) is 6.96. The lowest BCUT2D eigenvalue weighted by Crippen LogP contribution is -2.44. The minimum Gasteiger partial charge on any atom is -0.390 e. The highest BCUT2D eigenvalue weighted by Gasteiger charge is 2.39. The fraction of sp³-hybridized carbons (Fsp3) is 0.476. The van der Waals surface area contributed by atoms with E-state index in [9.17, 15) is 9.90 Å². The van der Waals surface area contributed by atoms with E-state index in [0.29, 0.717) is 16.9 Å². The van der Waals surface area contributed by atoms with Crippen LogP contribution in [-0.2, 0) is 11.3 Å². The van der Waals surface area contributed by atoms with Crippen molar-refractivity contribution in [3.8, 4) is 11.3 Å². The first kappa shape index (κ1) is 18.3. The predicted octanol–water partition coefficient (Wildman–Crippen LogP) is 2.26. The van der Waals surface area contributed by atoms with Crippen LogP contribution in [0.25, 0.3) is 22.3 Å². The van der Waals surface area contributed by atoms with E-state index in [0.717, 1.165) is 68.0 Å². The first-order valence-electron chi connectivity index (χ1n) is 10.2. The van der Waals surface area contributed by atoms with Gasteiger partial charge in [0, 0.05) is 25.3 Å². The Morgan fingerprint density at radius 2 is 2.03 bits per heavy atom. The molecule has 2 fully saturated rings. The number of aromatic amines is 2. The van der Waals surface area contributed by atoms with E-state index in [1.807, 2.05) is 25.1 Å². The number of benzene rings is 1. The molecule has 0 amide bonds. The van der Waals surface area contributed by atoms with Crippen molar-refractivity contribution in [2.24, 2.45) is 0 Å². The molecule has 5 rings (SSSR count). The van der Waals surface area contributed by atoms with E-state index >= 15 is 0 Å². The third-order valence-corrected chi connectivity index (χ3v) is 6.24. The van der Waals surface area contributed by atoms with Crippen molar-refractivity contribution in [2.45, 2.75) is 44.8 Å². The third kappa shape index (κ3) is 3.12. The normalized spacial score (nSPS) is 18.8. The molecule has 29 heavy (non-hydrogen) atoms. The van der Waals surface area contributed by atoms with Crippen LogP contribution in [0.4, 0.5) is 5.82 Å². The van der Waals surface area contributed by atoms with Gasteiger partial charge in [0.25, 0.3) is 0 Å². The molecule has 1 aromatic carbocycles. The van der Waals surface area contributed by atoms with Gasteiger partial charge in [-0.15, -0.1) is 0 Å². The van der Waals surface area contributed by atoms with Gasteiger partial charge >= 0.3 is 5.69 Å². The highest BCUT2D eigenvalue weighted by Crippen LogP contribution is 2.37. The number of fused-ring (bicyclic) bond motifs is 1. The molecule has 0 bridgehead atoms. The fourth-order valence-corrected chi connectivity index (χ4v) is 4.69. The maximum absolute atomic E-state index is 11.7. The van der Waals surface area contributed by atoms with Crippen LogP contribution in [0, 0.1) is 6.92 Å². The largest absolute Gasteiger partial charge is 0.390 e. The lowest BCUT2D eigenvalue weighted by molar-refractivity contribution is -0.0147. The summed E-state index contributed by atoms with van der Waals surface area (Å²) >= 11 is 0. The molecular weight excluding hydrogens is 370 g/mol. The summed E-state index contributed by atoms with van der Waals surface area (Å²) in [5, 5.41) is 10.0. The first-order valence-corrected chi connectivity index (χ1v) is 10.2. The van der Waals surface area contributed by atoms with Crippen LogP contribution in [0.5, 0.6) is 0 Å². The molecule has 4 heterocycles. The van der Waals surface area contributed by atoms with Gasteiger partial charge in [0.1, 0.15) is 5.69 Å². The monoisotopic (exact) mass is 395 g/mol. The molecular formula is C21H25N5O3. The van der Waals surface area contributed by atoms with Crippen LogP contribution in [0.15, 0.2) is 23.0 Å². The molecule has 2 aromatic heterocycles. The number of hydrogen-bond donors (Lipinski definition) is 3. The quantitative estimate of drug-likeness (QED) is 0.628. The summed E-state index contributed by atoms with van der Waals surface area (Å²) in [4.78, 5) is 29.2. The second-order valence-electron chi connectivity index (χ2n) is 8.02. The number of rotatable bonds is 3. The second-order valence-corrected chi connectivity index (χ2v) is 8.02. The van der Waals surface area contributed by atoms with Crippen LogP contribution in [0.1, 0.15) is 37.1 Å². The number of aliphatic hydroxyl groups excluding tert-OH is 1. The smallest absolute Gasteiger partial charge is 0.323 e. The number of anilines is 1. The number of piperidine rings is 1. The minimum absolute atomic E-state index is 0.0358. The summed E-state index contributed by atoms with van der Waals surface area (Å²) in [7, 11) is 0. The van der Waals surface area contributed by atoms with Crippen LogP contribution < -0.4 is 10.6 Å². The molecule has 0 radical (unpaired) electrons. The van der Waals surface area contributed by atoms with Crippen molar-refractivity contribution >= 4 is 16.9 Å². The Kier molecular flexibility index (Phi) is 4.40. The number of imidazole rings is 1. The Balaban J connectivity index is 1.51. The lowest BCUT2D eigenvalue weighted by atomic mass is 9.88. The van der Waals surface area contributed by atoms with E-state index in [1.54, 1.807) is 0 Å². The summed E-state index contributed by atoms with van der Waals surface area (Å²) in [6, 6.07) is 5.63. The third-order valence-electron chi connectivity index (χ3n) is 6.24.